The van der Waals surface area contributed by atoms with E-state index in [1.807, 2.05) is 30.3 Å². The summed E-state index contributed by atoms with van der Waals surface area (Å²) in [4.78, 5) is 45.9. The van der Waals surface area contributed by atoms with Crippen LogP contribution in [0.25, 0.3) is 11.1 Å². The maximum absolute atomic E-state index is 13.1. The quantitative estimate of drug-likeness (QED) is 0.241. The van der Waals surface area contributed by atoms with Crippen molar-refractivity contribution < 1.29 is 14.6 Å². The maximum atomic E-state index is 13.1. The van der Waals surface area contributed by atoms with Gasteiger partial charge in [-0.05, 0) is 54.4 Å². The molecule has 0 fully saturated rings. The number of nitrogens with one attached hydrogen (secondary N) is 1. The second-order valence-electron chi connectivity index (χ2n) is 8.95. The number of benzene rings is 3. The molecule has 0 amide bonds. The molecule has 206 valence electrons. The van der Waals surface area contributed by atoms with E-state index in [2.05, 4.69) is 15.3 Å². The molecule has 0 saturated heterocycles. The van der Waals surface area contributed by atoms with Gasteiger partial charge in [-0.1, -0.05) is 54.1 Å². The van der Waals surface area contributed by atoms with Crippen molar-refractivity contribution in [2.24, 2.45) is 0 Å². The van der Waals surface area contributed by atoms with E-state index in [-0.39, 0.29) is 30.5 Å². The Bertz CT molecular complexity index is 1820. The number of anilines is 2. The Balaban J connectivity index is 1.39. The predicted molar refractivity (Wildman–Crippen MR) is 155 cm³/mol. The van der Waals surface area contributed by atoms with Crippen molar-refractivity contribution in [1.82, 2.24) is 19.1 Å². The molecule has 0 aliphatic rings. The number of carboxylic acid groups (broad SMARTS) is 1. The number of pyridine rings is 1. The number of nitrogens with zero attached hydrogens (tertiary/aromatic N) is 4. The second kappa shape index (κ2) is 11.9. The van der Waals surface area contributed by atoms with E-state index in [4.69, 9.17) is 16.3 Å². The van der Waals surface area contributed by atoms with E-state index in [1.54, 1.807) is 55.5 Å². The molecule has 2 aromatic heterocycles. The monoisotopic (exact) mass is 569 g/mol. The molecule has 41 heavy (non-hydrogen) atoms. The number of carboxylic acids is 1. The molecule has 0 spiro atoms. The first kappa shape index (κ1) is 27.4. The van der Waals surface area contributed by atoms with Gasteiger partial charge < -0.3 is 15.2 Å². The number of rotatable bonds is 9. The van der Waals surface area contributed by atoms with Crippen molar-refractivity contribution in [3.05, 3.63) is 128 Å². The van der Waals surface area contributed by atoms with Crippen LogP contribution >= 0.6 is 11.6 Å². The summed E-state index contributed by atoms with van der Waals surface area (Å²) in [7, 11) is 0. The number of halogens is 1. The summed E-state index contributed by atoms with van der Waals surface area (Å²) in [5.74, 6) is -0.500. The lowest BCUT2D eigenvalue weighted by molar-refractivity contribution is 0.0697. The van der Waals surface area contributed by atoms with Crippen molar-refractivity contribution in [2.45, 2.75) is 20.0 Å². The van der Waals surface area contributed by atoms with Gasteiger partial charge in [0.25, 0.3) is 0 Å². The number of aromatic carboxylic acids is 1. The van der Waals surface area contributed by atoms with Gasteiger partial charge in [-0.2, -0.15) is 4.98 Å². The number of carbonyl (C=O) groups is 1. The minimum absolute atomic E-state index is 0.0611. The minimum Gasteiger partial charge on any atom is -0.478 e. The summed E-state index contributed by atoms with van der Waals surface area (Å²) >= 11 is 5.99. The Labute approximate surface area is 239 Å². The van der Waals surface area contributed by atoms with Crippen LogP contribution in [0.2, 0.25) is 5.02 Å². The lowest BCUT2D eigenvalue weighted by Gasteiger charge is -2.15. The van der Waals surface area contributed by atoms with Gasteiger partial charge in [-0.3, -0.25) is 4.57 Å². The van der Waals surface area contributed by atoms with E-state index >= 15 is 0 Å². The molecular formula is C30H24ClN5O5. The zero-order chi connectivity index (χ0) is 28.9. The molecule has 0 aliphatic heterocycles. The van der Waals surface area contributed by atoms with Gasteiger partial charge in [-0.15, -0.1) is 0 Å². The average molecular weight is 570 g/mol. The van der Waals surface area contributed by atoms with Crippen LogP contribution in [0.15, 0.2) is 101 Å². The average Bonchev–Trinajstić information content (AvgIpc) is 2.97. The van der Waals surface area contributed by atoms with E-state index in [1.165, 1.54) is 16.8 Å². The van der Waals surface area contributed by atoms with E-state index in [0.29, 0.717) is 22.0 Å². The Morgan fingerprint density at radius 3 is 2.34 bits per heavy atom. The molecule has 0 unspecified atom stereocenters. The van der Waals surface area contributed by atoms with Gasteiger partial charge in [-0.25, -0.2) is 23.9 Å². The van der Waals surface area contributed by atoms with Crippen LogP contribution in [0.3, 0.4) is 0 Å². The summed E-state index contributed by atoms with van der Waals surface area (Å²) in [5.41, 5.74) is 1.46. The predicted octanol–water partition coefficient (Wildman–Crippen LogP) is 5.42. The van der Waals surface area contributed by atoms with Crippen LogP contribution in [0.5, 0.6) is 11.6 Å². The van der Waals surface area contributed by atoms with Crippen LogP contribution in [0, 0.1) is 0 Å². The molecule has 11 heteroatoms. The van der Waals surface area contributed by atoms with E-state index in [0.717, 1.165) is 15.7 Å². The Morgan fingerprint density at radius 2 is 1.68 bits per heavy atom. The molecule has 5 rings (SSSR count). The van der Waals surface area contributed by atoms with Gasteiger partial charge in [0.15, 0.2) is 0 Å². The van der Waals surface area contributed by atoms with Gasteiger partial charge in [0, 0.05) is 35.1 Å². The van der Waals surface area contributed by atoms with Gasteiger partial charge >= 0.3 is 17.3 Å². The van der Waals surface area contributed by atoms with E-state index < -0.39 is 17.3 Å². The third-order valence-electron chi connectivity index (χ3n) is 6.25. The first-order valence-corrected chi connectivity index (χ1v) is 13.0. The molecule has 0 aliphatic carbocycles. The molecule has 10 nitrogen and oxygen atoms in total. The highest BCUT2D eigenvalue weighted by molar-refractivity contribution is 6.30. The summed E-state index contributed by atoms with van der Waals surface area (Å²) < 4.78 is 8.24. The molecule has 5 aromatic rings. The summed E-state index contributed by atoms with van der Waals surface area (Å²) in [6, 6.07) is 24.2. The fraction of sp³-hybridized carbons (Fsp3) is 0.100. The third kappa shape index (κ3) is 6.18. The molecule has 0 saturated carbocycles. The molecule has 2 N–H and O–H groups in total. The van der Waals surface area contributed by atoms with Gasteiger partial charge in [0.1, 0.15) is 5.75 Å². The summed E-state index contributed by atoms with van der Waals surface area (Å²) in [6.45, 7) is 2.05. The zero-order valence-electron chi connectivity index (χ0n) is 21.8. The smallest absolute Gasteiger partial charge is 0.354 e. The fourth-order valence-electron chi connectivity index (χ4n) is 4.18. The number of ether oxygens (including phenoxy) is 1. The molecular weight excluding hydrogens is 546 g/mol. The van der Waals surface area contributed by atoms with Gasteiger partial charge in [0.05, 0.1) is 12.1 Å². The molecule has 2 heterocycles. The second-order valence-corrected chi connectivity index (χ2v) is 9.38. The van der Waals surface area contributed by atoms with Gasteiger partial charge in [0.2, 0.25) is 11.8 Å². The highest BCUT2D eigenvalue weighted by Gasteiger charge is 2.16. The highest BCUT2D eigenvalue weighted by atomic mass is 35.5. The number of hydrogen-bond donors (Lipinski definition) is 2. The van der Waals surface area contributed by atoms with Crippen molar-refractivity contribution in [3.8, 4) is 22.8 Å². The van der Waals surface area contributed by atoms with Crippen LogP contribution in [0.4, 0.5) is 11.6 Å². The maximum Gasteiger partial charge on any atom is 0.354 e. The van der Waals surface area contributed by atoms with Crippen LogP contribution in [0.1, 0.15) is 22.8 Å². The van der Waals surface area contributed by atoms with Crippen molar-refractivity contribution in [2.75, 3.05) is 5.32 Å². The minimum atomic E-state index is -1.10. The Kier molecular flexibility index (Phi) is 7.93. The third-order valence-corrected chi connectivity index (χ3v) is 6.50. The molecule has 0 bridgehead atoms. The topological polar surface area (TPSA) is 128 Å². The zero-order valence-corrected chi connectivity index (χ0v) is 22.6. The lowest BCUT2D eigenvalue weighted by atomic mass is 10.0. The van der Waals surface area contributed by atoms with Crippen LogP contribution < -0.4 is 21.4 Å². The molecule has 0 atom stereocenters. The van der Waals surface area contributed by atoms with Crippen molar-refractivity contribution in [1.29, 1.82) is 0 Å². The summed E-state index contributed by atoms with van der Waals surface area (Å²) in [6.07, 6.45) is 1.47. The first-order chi connectivity index (χ1) is 19.8. The molecule has 3 aromatic carbocycles. The largest absolute Gasteiger partial charge is 0.478 e. The van der Waals surface area contributed by atoms with Crippen LogP contribution in [-0.2, 0) is 13.1 Å². The number of hydrogen-bond acceptors (Lipinski definition) is 7. The molecule has 0 radical (unpaired) electrons. The first-order valence-electron chi connectivity index (χ1n) is 12.6. The normalized spacial score (nSPS) is 10.8. The lowest BCUT2D eigenvalue weighted by Crippen LogP contribution is -2.42. The highest BCUT2D eigenvalue weighted by Crippen LogP contribution is 2.28. The number of aromatic nitrogens is 4. The van der Waals surface area contributed by atoms with E-state index in [9.17, 15) is 19.5 Å². The SMILES string of the molecule is CCn1c(=O)nc(Nc2ccc(Oc3cc(C(=O)O)c(-c4ccccc4)cn3)cc2)n(Cc2ccc(Cl)cc2)c1=O. The fourth-order valence-corrected chi connectivity index (χ4v) is 4.31. The van der Waals surface area contributed by atoms with Crippen molar-refractivity contribution in [3.63, 3.8) is 0 Å². The summed E-state index contributed by atoms with van der Waals surface area (Å²) in [5, 5.41) is 13.4. The van der Waals surface area contributed by atoms with Crippen LogP contribution in [-0.4, -0.2) is 30.2 Å². The Hall–Kier alpha value is -5.22. The Morgan fingerprint density at radius 1 is 0.976 bits per heavy atom. The standard InChI is InChI=1S/C30H24ClN5O5/c1-2-35-29(39)34-28(36(30(35)40)18-19-8-10-21(31)11-9-19)33-22-12-14-23(15-13-22)41-26-16-24(27(37)38)25(17-32-26)20-6-4-3-5-7-20/h3-17H,2,18H2,1H3,(H,37,38)(H,33,34,39). The van der Waals surface area contributed by atoms with Crippen molar-refractivity contribution >= 4 is 29.2 Å².